The number of aryl methyl sites for hydroxylation is 2. The van der Waals surface area contributed by atoms with Gasteiger partial charge in [-0.15, -0.1) is 5.10 Å². The average Bonchev–Trinajstić information content (AvgIpc) is 3.84. The minimum atomic E-state index is -1.04. The number of aromatic amines is 1. The van der Waals surface area contributed by atoms with Gasteiger partial charge in [0.25, 0.3) is 11.8 Å². The van der Waals surface area contributed by atoms with Crippen molar-refractivity contribution >= 4 is 17.7 Å². The molecule has 258 valence electrons. The van der Waals surface area contributed by atoms with Gasteiger partial charge in [0, 0.05) is 37.3 Å². The lowest BCUT2D eigenvalue weighted by Gasteiger charge is -2.38. The Morgan fingerprint density at radius 1 is 0.980 bits per heavy atom. The number of amides is 3. The normalized spacial score (nSPS) is 15.7. The molecule has 1 heterocycles. The van der Waals surface area contributed by atoms with E-state index in [1.807, 2.05) is 24.3 Å². The van der Waals surface area contributed by atoms with Crippen molar-refractivity contribution in [3.63, 3.8) is 0 Å². The highest BCUT2D eigenvalue weighted by atomic mass is 19.1. The van der Waals surface area contributed by atoms with E-state index in [2.05, 4.69) is 42.6 Å². The lowest BCUT2D eigenvalue weighted by atomic mass is 9.67. The number of tetrazole rings is 1. The molecule has 13 heteroatoms. The highest BCUT2D eigenvalue weighted by Gasteiger charge is 2.46. The molecule has 0 spiro atoms. The van der Waals surface area contributed by atoms with E-state index in [1.165, 1.54) is 12.1 Å². The molecule has 50 heavy (non-hydrogen) atoms. The van der Waals surface area contributed by atoms with Gasteiger partial charge in [-0.2, -0.15) is 5.26 Å². The molecule has 1 aromatic heterocycles. The van der Waals surface area contributed by atoms with Crippen LogP contribution in [0, 0.1) is 17.1 Å². The van der Waals surface area contributed by atoms with Crippen LogP contribution in [0.15, 0.2) is 60.7 Å². The summed E-state index contributed by atoms with van der Waals surface area (Å²) in [7, 11) is 3.17. The van der Waals surface area contributed by atoms with Gasteiger partial charge in [-0.1, -0.05) is 24.3 Å². The first-order valence-corrected chi connectivity index (χ1v) is 16.8. The maximum absolute atomic E-state index is 14.0. The van der Waals surface area contributed by atoms with Crippen molar-refractivity contribution in [3.8, 4) is 6.07 Å². The molecule has 3 amide bonds. The fourth-order valence-electron chi connectivity index (χ4n) is 7.30. The van der Waals surface area contributed by atoms with Crippen LogP contribution < -0.4 is 16.0 Å². The standard InChI is InChI=1S/C37H40FN9O3/c1-22(20-39)47(30-12-13-30)33(48)21-42-29(16-23-4-10-28(38)11-5-23)19-37(36-43-45-46-44-36)31-14-8-26(34(49)40-2)17-24(31)6-7-25-18-27(35(50)41-3)9-15-32(25)37/h4-5,8-11,14-15,17-18,22,29-30,42H,6-7,12-13,16,19,21H2,1-3H3,(H,40,49)(H,41,50)(H,43,44,45,46)/t22?,29-/m1/s1. The first kappa shape index (κ1) is 34.4. The molecule has 1 saturated carbocycles. The molecule has 4 aromatic rings. The summed E-state index contributed by atoms with van der Waals surface area (Å²) in [6, 6.07) is 18.8. The Balaban J connectivity index is 1.50. The quantitative estimate of drug-likeness (QED) is 0.178. The van der Waals surface area contributed by atoms with Crippen LogP contribution in [0.4, 0.5) is 4.39 Å². The maximum Gasteiger partial charge on any atom is 0.251 e. The van der Waals surface area contributed by atoms with Crippen molar-refractivity contribution in [3.05, 3.63) is 111 Å². The molecule has 1 fully saturated rings. The Morgan fingerprint density at radius 2 is 1.58 bits per heavy atom. The largest absolute Gasteiger partial charge is 0.355 e. The molecule has 4 N–H and O–H groups in total. The number of hydrogen-bond acceptors (Lipinski definition) is 8. The lowest BCUT2D eigenvalue weighted by molar-refractivity contribution is -0.132. The zero-order valence-corrected chi connectivity index (χ0v) is 28.3. The van der Waals surface area contributed by atoms with Crippen LogP contribution >= 0.6 is 0 Å². The molecule has 0 bridgehead atoms. The zero-order valence-electron chi connectivity index (χ0n) is 28.3. The second-order valence-corrected chi connectivity index (χ2v) is 13.0. The first-order valence-electron chi connectivity index (χ1n) is 16.8. The van der Waals surface area contributed by atoms with E-state index < -0.39 is 17.5 Å². The van der Waals surface area contributed by atoms with Crippen molar-refractivity contribution in [1.29, 1.82) is 5.26 Å². The molecule has 0 saturated heterocycles. The maximum atomic E-state index is 14.0. The van der Waals surface area contributed by atoms with E-state index in [0.717, 1.165) is 40.7 Å². The van der Waals surface area contributed by atoms with Crippen LogP contribution in [0.5, 0.6) is 0 Å². The van der Waals surface area contributed by atoms with Gasteiger partial charge in [-0.25, -0.2) is 9.49 Å². The third-order valence-corrected chi connectivity index (χ3v) is 9.84. The van der Waals surface area contributed by atoms with E-state index in [4.69, 9.17) is 0 Å². The van der Waals surface area contributed by atoms with E-state index in [1.54, 1.807) is 50.2 Å². The van der Waals surface area contributed by atoms with Crippen molar-refractivity contribution in [2.75, 3.05) is 20.6 Å². The SMILES string of the molecule is CNC(=O)c1ccc2c(c1)CCc1cc(C(=O)NC)ccc1C2(C[C@@H](Cc1ccc(F)cc1)NCC(=O)N(C(C)C#N)C1CC1)c1nnn[nH]1. The molecular weight excluding hydrogens is 637 g/mol. The number of halogens is 1. The van der Waals surface area contributed by atoms with Gasteiger partial charge in [0.1, 0.15) is 11.9 Å². The summed E-state index contributed by atoms with van der Waals surface area (Å²) < 4.78 is 14.0. The fourth-order valence-corrected chi connectivity index (χ4v) is 7.30. The average molecular weight is 678 g/mol. The Hall–Kier alpha value is -5.48. The zero-order chi connectivity index (χ0) is 35.4. The van der Waals surface area contributed by atoms with Crippen LogP contribution in [0.3, 0.4) is 0 Å². The van der Waals surface area contributed by atoms with Gasteiger partial charge in [0.2, 0.25) is 5.91 Å². The second kappa shape index (κ2) is 14.6. The molecule has 12 nitrogen and oxygen atoms in total. The van der Waals surface area contributed by atoms with Gasteiger partial charge in [-0.3, -0.25) is 14.4 Å². The summed E-state index contributed by atoms with van der Waals surface area (Å²) in [5, 5.41) is 34.1. The van der Waals surface area contributed by atoms with E-state index in [9.17, 15) is 24.0 Å². The first-order chi connectivity index (χ1) is 24.2. The van der Waals surface area contributed by atoms with Crippen molar-refractivity contribution in [2.45, 2.75) is 69.0 Å². The summed E-state index contributed by atoms with van der Waals surface area (Å²) in [4.78, 5) is 40.9. The Labute approximate surface area is 289 Å². The number of nitrogens with zero attached hydrogens (tertiary/aromatic N) is 5. The predicted octanol–water partition coefficient (Wildman–Crippen LogP) is 2.99. The summed E-state index contributed by atoms with van der Waals surface area (Å²) in [6.45, 7) is 1.71. The number of aromatic nitrogens is 4. The number of benzene rings is 3. The summed E-state index contributed by atoms with van der Waals surface area (Å²) in [5.74, 6) is -0.506. The number of nitrogens with one attached hydrogen (secondary N) is 4. The smallest absolute Gasteiger partial charge is 0.251 e. The summed E-state index contributed by atoms with van der Waals surface area (Å²) in [6.07, 6.45) is 3.63. The van der Waals surface area contributed by atoms with Gasteiger partial charge < -0.3 is 20.9 Å². The highest BCUT2D eigenvalue weighted by molar-refractivity contribution is 5.95. The van der Waals surface area contributed by atoms with E-state index in [-0.39, 0.29) is 36.1 Å². The number of nitriles is 1. The van der Waals surface area contributed by atoms with Gasteiger partial charge in [0.15, 0.2) is 5.82 Å². The highest BCUT2D eigenvalue weighted by Crippen LogP contribution is 2.47. The molecular formula is C37H40FN9O3. The Morgan fingerprint density at radius 3 is 2.08 bits per heavy atom. The van der Waals surface area contributed by atoms with Gasteiger partial charge in [0.05, 0.1) is 18.0 Å². The minimum Gasteiger partial charge on any atom is -0.355 e. The molecule has 6 rings (SSSR count). The molecule has 0 aliphatic heterocycles. The summed E-state index contributed by atoms with van der Waals surface area (Å²) in [5.41, 5.74) is 4.42. The topological polar surface area (TPSA) is 169 Å². The van der Waals surface area contributed by atoms with Crippen LogP contribution in [0.25, 0.3) is 0 Å². The Bertz CT molecular complexity index is 1850. The lowest BCUT2D eigenvalue weighted by Crippen LogP contribution is -2.48. The van der Waals surface area contributed by atoms with Crippen LogP contribution in [0.2, 0.25) is 0 Å². The number of carbonyl (C=O) groups is 3. The van der Waals surface area contributed by atoms with Crippen molar-refractivity contribution in [1.82, 2.24) is 41.5 Å². The molecule has 2 atom stereocenters. The molecule has 0 radical (unpaired) electrons. The monoisotopic (exact) mass is 677 g/mol. The van der Waals surface area contributed by atoms with E-state index >= 15 is 0 Å². The third kappa shape index (κ3) is 6.84. The predicted molar refractivity (Wildman–Crippen MR) is 183 cm³/mol. The van der Waals surface area contributed by atoms with Crippen LogP contribution in [0.1, 0.15) is 80.5 Å². The molecule has 3 aromatic carbocycles. The second-order valence-electron chi connectivity index (χ2n) is 13.0. The molecule has 2 aliphatic carbocycles. The fraction of sp³-hybridized carbons (Fsp3) is 0.378. The number of rotatable bonds is 12. The molecule has 2 aliphatic rings. The van der Waals surface area contributed by atoms with Crippen LogP contribution in [-0.4, -0.2) is 82.0 Å². The van der Waals surface area contributed by atoms with Gasteiger partial charge >= 0.3 is 0 Å². The minimum absolute atomic E-state index is 0.0238. The van der Waals surface area contributed by atoms with E-state index in [0.29, 0.717) is 42.6 Å². The van der Waals surface area contributed by atoms with Crippen LogP contribution in [-0.2, 0) is 29.5 Å². The number of fused-ring (bicyclic) bond motifs is 2. The summed E-state index contributed by atoms with van der Waals surface area (Å²) >= 11 is 0. The number of H-pyrrole nitrogens is 1. The van der Waals surface area contributed by atoms with Gasteiger partial charge in [-0.05, 0) is 120 Å². The Kier molecular flexibility index (Phi) is 10.0. The van der Waals surface area contributed by atoms with Crippen molar-refractivity contribution < 1.29 is 18.8 Å². The number of hydrogen-bond donors (Lipinski definition) is 4. The third-order valence-electron chi connectivity index (χ3n) is 9.84. The number of carbonyl (C=O) groups excluding carboxylic acids is 3. The van der Waals surface area contributed by atoms with Crippen molar-refractivity contribution in [2.24, 2.45) is 0 Å². The molecule has 1 unspecified atom stereocenters.